The van der Waals surface area contributed by atoms with E-state index >= 15 is 0 Å². The van der Waals surface area contributed by atoms with Crippen LogP contribution in [0, 0.1) is 0 Å². The first-order valence-electron chi connectivity index (χ1n) is 7.91. The van der Waals surface area contributed by atoms with Gasteiger partial charge in [-0.05, 0) is 49.4 Å². The van der Waals surface area contributed by atoms with E-state index in [-0.39, 0.29) is 28.4 Å². The van der Waals surface area contributed by atoms with Crippen LogP contribution >= 0.6 is 15.9 Å². The van der Waals surface area contributed by atoms with Crippen LogP contribution in [-0.4, -0.2) is 11.8 Å². The molecule has 0 fully saturated rings. The van der Waals surface area contributed by atoms with Crippen LogP contribution < -0.4 is 10.4 Å². The Kier molecular flexibility index (Phi) is 4.16. The first kappa shape index (κ1) is 17.2. The Balaban J connectivity index is 1.65. The zero-order valence-corrected chi connectivity index (χ0v) is 15.5. The minimum atomic E-state index is -0.735. The van der Waals surface area contributed by atoms with Gasteiger partial charge in [0.05, 0.1) is 0 Å². The Morgan fingerprint density at radius 2 is 1.74 bits per heavy atom. The van der Waals surface area contributed by atoms with Crippen LogP contribution in [0.3, 0.4) is 0 Å². The van der Waals surface area contributed by atoms with E-state index in [0.717, 1.165) is 9.86 Å². The topological polar surface area (TPSA) is 86.7 Å². The Labute approximate surface area is 160 Å². The van der Waals surface area contributed by atoms with E-state index in [2.05, 4.69) is 15.9 Å². The number of furan rings is 1. The first-order valence-corrected chi connectivity index (χ1v) is 8.70. The Bertz CT molecular complexity index is 1280. The summed E-state index contributed by atoms with van der Waals surface area (Å²) >= 11 is 3.36. The second kappa shape index (κ2) is 6.51. The van der Waals surface area contributed by atoms with Crippen molar-refractivity contribution in [2.75, 3.05) is 0 Å². The minimum absolute atomic E-state index is 0.0271. The molecule has 134 valence electrons. The predicted molar refractivity (Wildman–Crippen MR) is 101 cm³/mol. The first-order chi connectivity index (χ1) is 12.9. The molecule has 0 aliphatic heterocycles. The van der Waals surface area contributed by atoms with Crippen molar-refractivity contribution >= 4 is 49.6 Å². The molecule has 0 radical (unpaired) electrons. The molecule has 6 nitrogen and oxygen atoms in total. The highest BCUT2D eigenvalue weighted by atomic mass is 79.9. The normalized spacial score (nSPS) is 11.0. The molecule has 2 heterocycles. The molecule has 0 spiro atoms. The molecule has 0 saturated heterocycles. The van der Waals surface area contributed by atoms with E-state index in [9.17, 15) is 14.4 Å². The molecular formula is C20H11BrO6. The lowest BCUT2D eigenvalue weighted by Gasteiger charge is -2.04. The molecule has 4 aromatic rings. The summed E-state index contributed by atoms with van der Waals surface area (Å²) in [4.78, 5) is 35.6. The van der Waals surface area contributed by atoms with Crippen LogP contribution in [0.1, 0.15) is 27.8 Å². The highest BCUT2D eigenvalue weighted by Crippen LogP contribution is 2.25. The van der Waals surface area contributed by atoms with E-state index in [1.807, 2.05) is 12.1 Å². The number of hydrogen-bond donors (Lipinski definition) is 0. The third-order valence-corrected chi connectivity index (χ3v) is 4.47. The fourth-order valence-corrected chi connectivity index (χ4v) is 3.05. The summed E-state index contributed by atoms with van der Waals surface area (Å²) in [5.41, 5.74) is 0.0114. The standard InChI is InChI=1S/C20H11BrO6/c1-10(22)15-7-11-2-4-14(9-17(11)27-19(15)23)25-20(24)18-8-12-6-13(21)3-5-16(12)26-18/h2-9H,1H3. The van der Waals surface area contributed by atoms with Crippen LogP contribution in [0.5, 0.6) is 5.75 Å². The number of Topliss-reactive ketones (excluding diaryl/α,β-unsaturated/α-hetero) is 1. The zero-order valence-electron chi connectivity index (χ0n) is 13.9. The van der Waals surface area contributed by atoms with Gasteiger partial charge in [-0.2, -0.15) is 0 Å². The lowest BCUT2D eigenvalue weighted by molar-refractivity contribution is 0.0704. The fourth-order valence-electron chi connectivity index (χ4n) is 2.67. The van der Waals surface area contributed by atoms with Gasteiger partial charge in [0, 0.05) is 21.3 Å². The molecule has 0 saturated carbocycles. The van der Waals surface area contributed by atoms with Crippen LogP contribution in [0.25, 0.3) is 21.9 Å². The molecule has 0 atom stereocenters. The van der Waals surface area contributed by atoms with Crippen LogP contribution in [-0.2, 0) is 0 Å². The largest absolute Gasteiger partial charge is 0.449 e. The molecule has 0 aliphatic carbocycles. The fraction of sp³-hybridized carbons (Fsp3) is 0.0500. The van der Waals surface area contributed by atoms with E-state index < -0.39 is 11.6 Å². The summed E-state index contributed by atoms with van der Waals surface area (Å²) in [6.07, 6.45) is 0. The van der Waals surface area contributed by atoms with Gasteiger partial charge in [-0.1, -0.05) is 15.9 Å². The van der Waals surface area contributed by atoms with Gasteiger partial charge in [0.1, 0.15) is 22.5 Å². The van der Waals surface area contributed by atoms with Crippen molar-refractivity contribution in [3.8, 4) is 5.75 Å². The van der Waals surface area contributed by atoms with E-state index in [0.29, 0.717) is 11.0 Å². The molecule has 0 bridgehead atoms. The minimum Gasteiger partial charge on any atom is -0.449 e. The van der Waals surface area contributed by atoms with Gasteiger partial charge >= 0.3 is 11.6 Å². The van der Waals surface area contributed by atoms with Crippen molar-refractivity contribution in [3.63, 3.8) is 0 Å². The lowest BCUT2D eigenvalue weighted by atomic mass is 10.1. The molecule has 0 N–H and O–H groups in total. The number of carbonyl (C=O) groups excluding carboxylic acids is 2. The summed E-state index contributed by atoms with van der Waals surface area (Å²) < 4.78 is 16.8. The lowest BCUT2D eigenvalue weighted by Crippen LogP contribution is -2.11. The number of benzene rings is 2. The molecular weight excluding hydrogens is 416 g/mol. The summed E-state index contributed by atoms with van der Waals surface area (Å²) in [6.45, 7) is 1.29. The smallest absolute Gasteiger partial charge is 0.379 e. The molecule has 2 aromatic heterocycles. The molecule has 27 heavy (non-hydrogen) atoms. The number of halogens is 1. The quantitative estimate of drug-likeness (QED) is 0.204. The maximum atomic E-state index is 12.4. The van der Waals surface area contributed by atoms with E-state index in [1.54, 1.807) is 24.3 Å². The summed E-state index contributed by atoms with van der Waals surface area (Å²) in [7, 11) is 0. The van der Waals surface area contributed by atoms with Gasteiger partial charge in [0.15, 0.2) is 5.78 Å². The number of hydrogen-bond acceptors (Lipinski definition) is 6. The third-order valence-electron chi connectivity index (χ3n) is 3.98. The maximum Gasteiger partial charge on any atom is 0.379 e. The van der Waals surface area contributed by atoms with Gasteiger partial charge in [0.2, 0.25) is 5.76 Å². The average molecular weight is 427 g/mol. The highest BCUT2D eigenvalue weighted by Gasteiger charge is 2.16. The molecule has 7 heteroatoms. The molecule has 2 aromatic carbocycles. The second-order valence-electron chi connectivity index (χ2n) is 5.89. The van der Waals surface area contributed by atoms with Gasteiger partial charge in [-0.15, -0.1) is 0 Å². The number of fused-ring (bicyclic) bond motifs is 2. The van der Waals surface area contributed by atoms with Gasteiger partial charge in [-0.3, -0.25) is 4.79 Å². The van der Waals surface area contributed by atoms with Crippen molar-refractivity contribution in [1.29, 1.82) is 0 Å². The molecule has 0 amide bonds. The van der Waals surface area contributed by atoms with Crippen LogP contribution in [0.2, 0.25) is 0 Å². The third kappa shape index (κ3) is 3.29. The summed E-state index contributed by atoms with van der Waals surface area (Å²) in [5, 5.41) is 1.31. The Morgan fingerprint density at radius 1 is 0.926 bits per heavy atom. The van der Waals surface area contributed by atoms with Gasteiger partial charge in [-0.25, -0.2) is 9.59 Å². The summed E-state index contributed by atoms with van der Waals surface area (Å²) in [5.74, 6) is -0.813. The SMILES string of the molecule is CC(=O)c1cc2ccc(OC(=O)c3cc4cc(Br)ccc4o3)cc2oc1=O. The van der Waals surface area contributed by atoms with Crippen molar-refractivity contribution in [3.05, 3.63) is 74.7 Å². The number of ether oxygens (including phenoxy) is 1. The number of rotatable bonds is 3. The van der Waals surface area contributed by atoms with Crippen LogP contribution in [0.15, 0.2) is 66.6 Å². The Morgan fingerprint density at radius 3 is 2.52 bits per heavy atom. The van der Waals surface area contributed by atoms with Crippen molar-refractivity contribution in [1.82, 2.24) is 0 Å². The van der Waals surface area contributed by atoms with Crippen molar-refractivity contribution in [2.24, 2.45) is 0 Å². The van der Waals surface area contributed by atoms with Gasteiger partial charge in [0.25, 0.3) is 0 Å². The zero-order chi connectivity index (χ0) is 19.1. The number of esters is 1. The van der Waals surface area contributed by atoms with Crippen molar-refractivity contribution < 1.29 is 23.2 Å². The highest BCUT2D eigenvalue weighted by molar-refractivity contribution is 9.10. The molecule has 0 aliphatic rings. The number of carbonyl (C=O) groups is 2. The average Bonchev–Trinajstić information content (AvgIpc) is 3.04. The van der Waals surface area contributed by atoms with Gasteiger partial charge < -0.3 is 13.6 Å². The number of ketones is 1. The second-order valence-corrected chi connectivity index (χ2v) is 6.80. The summed E-state index contributed by atoms with van der Waals surface area (Å²) in [6, 6.07) is 13.0. The van der Waals surface area contributed by atoms with Crippen molar-refractivity contribution in [2.45, 2.75) is 6.92 Å². The molecule has 0 unspecified atom stereocenters. The monoisotopic (exact) mass is 426 g/mol. The van der Waals surface area contributed by atoms with E-state index in [4.69, 9.17) is 13.6 Å². The molecule has 4 rings (SSSR count). The van der Waals surface area contributed by atoms with Crippen LogP contribution in [0.4, 0.5) is 0 Å². The predicted octanol–water partition coefficient (Wildman–Crippen LogP) is 4.72. The van der Waals surface area contributed by atoms with E-state index in [1.165, 1.54) is 19.1 Å². The Hall–Kier alpha value is -3.19. The maximum absolute atomic E-state index is 12.4.